The number of halogens is 2. The Hall–Kier alpha value is -1.36. The van der Waals surface area contributed by atoms with Crippen molar-refractivity contribution < 1.29 is 4.39 Å². The van der Waals surface area contributed by atoms with Crippen LogP contribution >= 0.6 is 24.0 Å². The summed E-state index contributed by atoms with van der Waals surface area (Å²) in [6.07, 6.45) is 6.56. The van der Waals surface area contributed by atoms with Gasteiger partial charge in [-0.1, -0.05) is 12.8 Å². The van der Waals surface area contributed by atoms with Crippen LogP contribution in [0.4, 0.5) is 4.39 Å². The lowest BCUT2D eigenvalue weighted by molar-refractivity contribution is 0.309. The fourth-order valence-corrected chi connectivity index (χ4v) is 4.00. The minimum absolute atomic E-state index is 0. The molecule has 6 heteroatoms. The van der Waals surface area contributed by atoms with Crippen LogP contribution < -0.4 is 5.32 Å². The molecule has 1 saturated carbocycles. The van der Waals surface area contributed by atoms with Crippen molar-refractivity contribution in [2.75, 3.05) is 19.6 Å². The summed E-state index contributed by atoms with van der Waals surface area (Å²) in [6, 6.07) is 6.49. The number of guanidine groups is 1. The fraction of sp³-hybridized carbons (Fsp3) is 0.579. The Morgan fingerprint density at radius 1 is 1.36 bits per heavy atom. The molecule has 1 saturated heterocycles. The largest absolute Gasteiger partial charge is 0.357 e. The lowest BCUT2D eigenvalue weighted by Gasteiger charge is -2.26. The fourth-order valence-electron chi connectivity index (χ4n) is 4.00. The molecule has 0 atom stereocenters. The van der Waals surface area contributed by atoms with Gasteiger partial charge in [-0.2, -0.15) is 5.26 Å². The molecule has 1 N–H and O–H groups in total. The maximum atomic E-state index is 13.9. The Bertz CT molecular complexity index is 662. The van der Waals surface area contributed by atoms with Crippen LogP contribution in [0.2, 0.25) is 0 Å². The van der Waals surface area contributed by atoms with Crippen LogP contribution in [0.5, 0.6) is 0 Å². The van der Waals surface area contributed by atoms with Gasteiger partial charge < -0.3 is 10.2 Å². The summed E-state index contributed by atoms with van der Waals surface area (Å²) >= 11 is 0. The number of hydrogen-bond acceptors (Lipinski definition) is 2. The number of rotatable bonds is 3. The zero-order valence-electron chi connectivity index (χ0n) is 14.7. The molecule has 0 radical (unpaired) electrons. The van der Waals surface area contributed by atoms with Crippen LogP contribution in [0, 0.1) is 22.6 Å². The molecule has 0 unspecified atom stereocenters. The van der Waals surface area contributed by atoms with Crippen LogP contribution in [-0.2, 0) is 6.54 Å². The van der Waals surface area contributed by atoms with E-state index in [1.54, 1.807) is 6.07 Å². The highest BCUT2D eigenvalue weighted by atomic mass is 127. The number of nitriles is 1. The van der Waals surface area contributed by atoms with Crippen molar-refractivity contribution >= 4 is 29.9 Å². The van der Waals surface area contributed by atoms with Crippen molar-refractivity contribution in [3.63, 3.8) is 0 Å². The highest BCUT2D eigenvalue weighted by Gasteiger charge is 2.41. The van der Waals surface area contributed by atoms with Crippen molar-refractivity contribution in [2.45, 2.75) is 45.6 Å². The standard InChI is InChI=1S/C19H25FN4.HI/c1-2-22-18(24-10-9-19(14-24)7-3-4-8-19)23-13-16-11-15(12-21)5-6-17(16)20;/h5-6,11H,2-4,7-10,13-14H2,1H3,(H,22,23);1H. The van der Waals surface area contributed by atoms with Crippen molar-refractivity contribution in [2.24, 2.45) is 10.4 Å². The highest BCUT2D eigenvalue weighted by molar-refractivity contribution is 14.0. The second-order valence-corrected chi connectivity index (χ2v) is 6.97. The summed E-state index contributed by atoms with van der Waals surface area (Å²) in [4.78, 5) is 6.96. The van der Waals surface area contributed by atoms with Gasteiger partial charge in [0.1, 0.15) is 5.82 Å². The van der Waals surface area contributed by atoms with Crippen molar-refractivity contribution in [3.8, 4) is 6.07 Å². The van der Waals surface area contributed by atoms with E-state index < -0.39 is 0 Å². The van der Waals surface area contributed by atoms with E-state index in [4.69, 9.17) is 5.26 Å². The van der Waals surface area contributed by atoms with E-state index in [2.05, 4.69) is 21.3 Å². The minimum Gasteiger partial charge on any atom is -0.357 e. The number of nitrogens with one attached hydrogen (secondary N) is 1. The number of likely N-dealkylation sites (tertiary alicyclic amines) is 1. The Balaban J connectivity index is 0.00000225. The summed E-state index contributed by atoms with van der Waals surface area (Å²) in [5.41, 5.74) is 1.42. The van der Waals surface area contributed by atoms with Gasteiger partial charge in [0.2, 0.25) is 0 Å². The molecule has 1 aliphatic heterocycles. The summed E-state index contributed by atoms with van der Waals surface area (Å²) in [7, 11) is 0. The normalized spacial score (nSPS) is 18.9. The lowest BCUT2D eigenvalue weighted by atomic mass is 9.86. The highest BCUT2D eigenvalue weighted by Crippen LogP contribution is 2.45. The van der Waals surface area contributed by atoms with Crippen molar-refractivity contribution in [1.82, 2.24) is 10.2 Å². The molecule has 0 bridgehead atoms. The molecular weight excluding hydrogens is 430 g/mol. The van der Waals surface area contributed by atoms with Gasteiger partial charge in [0, 0.05) is 25.2 Å². The monoisotopic (exact) mass is 456 g/mol. The van der Waals surface area contributed by atoms with Crippen LogP contribution in [-0.4, -0.2) is 30.5 Å². The molecule has 0 aromatic heterocycles. The number of benzene rings is 1. The second-order valence-electron chi connectivity index (χ2n) is 6.97. The van der Waals surface area contributed by atoms with E-state index in [0.29, 0.717) is 16.5 Å². The van der Waals surface area contributed by atoms with E-state index in [9.17, 15) is 4.39 Å². The van der Waals surface area contributed by atoms with Crippen LogP contribution in [0.15, 0.2) is 23.2 Å². The van der Waals surface area contributed by atoms with E-state index in [0.717, 1.165) is 25.6 Å². The smallest absolute Gasteiger partial charge is 0.194 e. The van der Waals surface area contributed by atoms with E-state index in [1.807, 2.05) is 6.92 Å². The van der Waals surface area contributed by atoms with E-state index >= 15 is 0 Å². The van der Waals surface area contributed by atoms with Crippen molar-refractivity contribution in [1.29, 1.82) is 5.26 Å². The SMILES string of the molecule is CCNC(=NCc1cc(C#N)ccc1F)N1CCC2(CCCC2)C1.I. The lowest BCUT2D eigenvalue weighted by Crippen LogP contribution is -2.41. The van der Waals surface area contributed by atoms with Gasteiger partial charge in [0.15, 0.2) is 5.96 Å². The zero-order valence-corrected chi connectivity index (χ0v) is 17.1. The Labute approximate surface area is 166 Å². The molecule has 4 nitrogen and oxygen atoms in total. The molecule has 1 aromatic carbocycles. The molecule has 1 spiro atoms. The first-order valence-corrected chi connectivity index (χ1v) is 8.87. The average molecular weight is 456 g/mol. The number of aliphatic imine (C=N–C) groups is 1. The van der Waals surface area contributed by atoms with Gasteiger partial charge >= 0.3 is 0 Å². The molecule has 1 aromatic rings. The predicted molar refractivity (Wildman–Crippen MR) is 108 cm³/mol. The molecule has 2 fully saturated rings. The minimum atomic E-state index is -0.303. The summed E-state index contributed by atoms with van der Waals surface area (Å²) in [5, 5.41) is 12.3. The molecule has 3 rings (SSSR count). The Morgan fingerprint density at radius 3 is 2.80 bits per heavy atom. The summed E-state index contributed by atoms with van der Waals surface area (Å²) < 4.78 is 13.9. The van der Waals surface area contributed by atoms with Crippen LogP contribution in [0.25, 0.3) is 0 Å². The predicted octanol–water partition coefficient (Wildman–Crippen LogP) is 4.05. The van der Waals surface area contributed by atoms with Crippen LogP contribution in [0.3, 0.4) is 0 Å². The van der Waals surface area contributed by atoms with Gasteiger partial charge in [0.05, 0.1) is 18.2 Å². The van der Waals surface area contributed by atoms with Crippen LogP contribution in [0.1, 0.15) is 50.2 Å². The molecular formula is C19H26FIN4. The first-order valence-electron chi connectivity index (χ1n) is 8.87. The summed E-state index contributed by atoms with van der Waals surface area (Å²) in [5.74, 6) is 0.560. The molecule has 0 amide bonds. The van der Waals surface area contributed by atoms with Gasteiger partial charge in [0.25, 0.3) is 0 Å². The van der Waals surface area contributed by atoms with Gasteiger partial charge in [-0.05, 0) is 49.8 Å². The maximum Gasteiger partial charge on any atom is 0.194 e. The summed E-state index contributed by atoms with van der Waals surface area (Å²) in [6.45, 7) is 5.18. The number of nitrogens with zero attached hydrogens (tertiary/aromatic N) is 3. The second kappa shape index (κ2) is 8.84. The molecule has 25 heavy (non-hydrogen) atoms. The molecule has 136 valence electrons. The average Bonchev–Trinajstić information content (AvgIpc) is 3.23. The van der Waals surface area contributed by atoms with Crippen molar-refractivity contribution in [3.05, 3.63) is 35.1 Å². The Kier molecular flexibility index (Phi) is 7.05. The Morgan fingerprint density at radius 2 is 2.12 bits per heavy atom. The zero-order chi connectivity index (χ0) is 17.0. The first kappa shape index (κ1) is 20.0. The third kappa shape index (κ3) is 4.63. The van der Waals surface area contributed by atoms with Gasteiger partial charge in [-0.15, -0.1) is 24.0 Å². The van der Waals surface area contributed by atoms with Gasteiger partial charge in [-0.3, -0.25) is 0 Å². The maximum absolute atomic E-state index is 13.9. The topological polar surface area (TPSA) is 51.4 Å². The molecule has 1 heterocycles. The number of hydrogen-bond donors (Lipinski definition) is 1. The van der Waals surface area contributed by atoms with Gasteiger partial charge in [-0.25, -0.2) is 9.38 Å². The van der Waals surface area contributed by atoms with E-state index in [-0.39, 0.29) is 36.3 Å². The molecule has 2 aliphatic rings. The third-order valence-corrected chi connectivity index (χ3v) is 5.31. The third-order valence-electron chi connectivity index (χ3n) is 5.31. The molecule has 1 aliphatic carbocycles. The van der Waals surface area contributed by atoms with E-state index in [1.165, 1.54) is 44.2 Å². The first-order chi connectivity index (χ1) is 11.7. The quantitative estimate of drug-likeness (QED) is 0.424.